The predicted octanol–water partition coefficient (Wildman–Crippen LogP) is 2.80. The Labute approximate surface area is 340 Å². The van der Waals surface area contributed by atoms with E-state index in [1.165, 1.54) is 0 Å². The van der Waals surface area contributed by atoms with E-state index in [1.807, 2.05) is 85.7 Å². The molecule has 5 N–H and O–H groups in total. The average molecular weight is 813 g/mol. The van der Waals surface area contributed by atoms with Gasteiger partial charge in [-0.15, -0.1) is 0 Å². The van der Waals surface area contributed by atoms with E-state index in [9.17, 15) is 33.6 Å². The summed E-state index contributed by atoms with van der Waals surface area (Å²) in [6.45, 7) is 22.7. The highest BCUT2D eigenvalue weighted by Crippen LogP contribution is 2.19. The van der Waals surface area contributed by atoms with Crippen molar-refractivity contribution < 1.29 is 47.8 Å². The molecular weight excluding hydrogens is 752 g/mol. The fourth-order valence-corrected chi connectivity index (χ4v) is 5.70. The maximum absolute atomic E-state index is 12.3. The zero-order chi connectivity index (χ0) is 43.6. The summed E-state index contributed by atoms with van der Waals surface area (Å²) in [4.78, 5) is 85.5. The van der Waals surface area contributed by atoms with Crippen LogP contribution in [0.3, 0.4) is 0 Å². The second-order valence-electron chi connectivity index (χ2n) is 15.7. The molecule has 2 aliphatic rings. The van der Waals surface area contributed by atoms with Gasteiger partial charge in [-0.1, -0.05) is 35.4 Å². The van der Waals surface area contributed by atoms with Gasteiger partial charge in [-0.05, 0) is 78.6 Å². The van der Waals surface area contributed by atoms with Crippen molar-refractivity contribution >= 4 is 42.9 Å². The van der Waals surface area contributed by atoms with Crippen LogP contribution < -0.4 is 22.1 Å². The van der Waals surface area contributed by atoms with Gasteiger partial charge in [0.25, 0.3) is 11.8 Å². The van der Waals surface area contributed by atoms with Crippen LogP contribution in [0.1, 0.15) is 91.4 Å². The number of rotatable bonds is 9. The molecule has 0 atom stereocenters. The minimum Gasteiger partial charge on any atom is -0.444 e. The third-order valence-corrected chi connectivity index (χ3v) is 8.45. The first-order chi connectivity index (χ1) is 27.2. The van der Waals surface area contributed by atoms with E-state index in [1.54, 1.807) is 15.9 Å². The summed E-state index contributed by atoms with van der Waals surface area (Å²) in [6.07, 6.45) is -0.147. The van der Waals surface area contributed by atoms with Gasteiger partial charge in [0.1, 0.15) is 11.2 Å². The fourth-order valence-electron chi connectivity index (χ4n) is 5.70. The Morgan fingerprint density at radius 1 is 0.672 bits per heavy atom. The summed E-state index contributed by atoms with van der Waals surface area (Å²) < 4.78 is 14.5. The average Bonchev–Trinajstić information content (AvgIpc) is 3.14. The highest BCUT2D eigenvalue weighted by molar-refractivity contribution is 5.96. The molecule has 18 nitrogen and oxygen atoms in total. The SMILES string of the molecule is CC(=O)OC=O.Cc1ccc(CN2CCN(C(=O)OC(C)(C)C)CC2)c(C(=O)NN)c1.Cc1ccc(CN2CCN(C(=O)OC(C)(C)C)CC2)c(C(=O)NNC=O)c1. The molecule has 0 bridgehead atoms. The third kappa shape index (κ3) is 17.7. The molecule has 2 aromatic carbocycles. The Morgan fingerprint density at radius 3 is 1.38 bits per heavy atom. The van der Waals surface area contributed by atoms with Crippen molar-refractivity contribution in [3.05, 3.63) is 69.8 Å². The topological polar surface area (TPSA) is 222 Å². The van der Waals surface area contributed by atoms with Gasteiger partial charge in [0.15, 0.2) is 0 Å². The maximum Gasteiger partial charge on any atom is 0.410 e. The number of ether oxygens (including phenoxy) is 3. The van der Waals surface area contributed by atoms with Gasteiger partial charge in [0.2, 0.25) is 6.41 Å². The van der Waals surface area contributed by atoms with Crippen LogP contribution in [-0.4, -0.2) is 126 Å². The van der Waals surface area contributed by atoms with Gasteiger partial charge in [0.05, 0.1) is 0 Å². The number of benzene rings is 2. The molecular formula is C40H60N8O10. The van der Waals surface area contributed by atoms with E-state index in [4.69, 9.17) is 15.3 Å². The molecule has 0 unspecified atom stereocenters. The quantitative estimate of drug-likeness (QED) is 0.0545. The lowest BCUT2D eigenvalue weighted by Crippen LogP contribution is -2.49. The molecule has 2 heterocycles. The number of hydrogen-bond donors (Lipinski definition) is 4. The van der Waals surface area contributed by atoms with Gasteiger partial charge in [-0.3, -0.25) is 50.0 Å². The van der Waals surface area contributed by atoms with Crippen LogP contribution in [0.2, 0.25) is 0 Å². The van der Waals surface area contributed by atoms with Gasteiger partial charge in [-0.2, -0.15) is 0 Å². The molecule has 58 heavy (non-hydrogen) atoms. The highest BCUT2D eigenvalue weighted by Gasteiger charge is 2.28. The molecule has 5 amide bonds. The number of carbonyl (C=O) groups excluding carboxylic acids is 7. The summed E-state index contributed by atoms with van der Waals surface area (Å²) >= 11 is 0. The number of piperazine rings is 2. The monoisotopic (exact) mass is 812 g/mol. The summed E-state index contributed by atoms with van der Waals surface area (Å²) in [5, 5.41) is 0. The Kier molecular flexibility index (Phi) is 19.2. The van der Waals surface area contributed by atoms with Crippen LogP contribution in [0.15, 0.2) is 36.4 Å². The Bertz CT molecular complexity index is 1720. The number of carbonyl (C=O) groups is 7. The van der Waals surface area contributed by atoms with Crippen molar-refractivity contribution in [1.29, 1.82) is 0 Å². The van der Waals surface area contributed by atoms with E-state index in [2.05, 4.69) is 30.8 Å². The minimum atomic E-state index is -0.579. The zero-order valence-corrected chi connectivity index (χ0v) is 35.1. The molecule has 18 heteroatoms. The van der Waals surface area contributed by atoms with Crippen LogP contribution in [0.4, 0.5) is 9.59 Å². The number of nitrogen functional groups attached to an aromatic ring is 1. The van der Waals surface area contributed by atoms with Gasteiger partial charge < -0.3 is 24.0 Å². The van der Waals surface area contributed by atoms with Crippen LogP contribution in [0.5, 0.6) is 0 Å². The van der Waals surface area contributed by atoms with Crippen molar-refractivity contribution in [1.82, 2.24) is 35.9 Å². The molecule has 0 radical (unpaired) electrons. The molecule has 0 aliphatic carbocycles. The molecule has 0 saturated carbocycles. The molecule has 2 saturated heterocycles. The predicted molar refractivity (Wildman–Crippen MR) is 215 cm³/mol. The van der Waals surface area contributed by atoms with Crippen molar-refractivity contribution in [2.24, 2.45) is 5.84 Å². The number of nitrogens with zero attached hydrogens (tertiary/aromatic N) is 4. The summed E-state index contributed by atoms with van der Waals surface area (Å²) in [7, 11) is 0. The smallest absolute Gasteiger partial charge is 0.410 e. The number of nitrogens with two attached hydrogens (primary N) is 1. The standard InChI is InChI=1S/C19H28N4O4.C18H28N4O3.C3H4O3/c1-14-5-6-15(16(11-14)17(25)21-20-13-24)12-22-7-9-23(10-8-22)18(26)27-19(2,3)4;1-13-5-6-14(15(11-13)16(23)20-19)12-21-7-9-22(10-8-21)17(24)25-18(2,3)4;1-3(5)6-2-4/h5-6,11,13H,7-10,12H2,1-4H3,(H,20,24)(H,21,25);5-6,11H,7-10,12,19H2,1-4H3,(H,20,23);2H,1H3. The van der Waals surface area contributed by atoms with Crippen molar-refractivity contribution in [2.75, 3.05) is 52.4 Å². The fraction of sp³-hybridized carbons (Fsp3) is 0.525. The number of aryl methyl sites for hydroxylation is 2. The first kappa shape index (κ1) is 48.6. The lowest BCUT2D eigenvalue weighted by molar-refractivity contribution is -0.149. The zero-order valence-electron chi connectivity index (χ0n) is 35.1. The minimum absolute atomic E-state index is 0.0995. The molecule has 4 rings (SSSR count). The van der Waals surface area contributed by atoms with Crippen molar-refractivity contribution in [3.63, 3.8) is 0 Å². The van der Waals surface area contributed by atoms with E-state index in [-0.39, 0.29) is 30.5 Å². The lowest BCUT2D eigenvalue weighted by atomic mass is 10.0. The summed E-state index contributed by atoms with van der Waals surface area (Å²) in [5.74, 6) is 4.07. The van der Waals surface area contributed by atoms with Gasteiger partial charge in [-0.25, -0.2) is 15.4 Å². The maximum atomic E-state index is 12.3. The Morgan fingerprint density at radius 2 is 1.07 bits per heavy atom. The number of hydrazine groups is 2. The molecule has 2 aromatic rings. The highest BCUT2D eigenvalue weighted by atomic mass is 16.6. The molecule has 0 spiro atoms. The van der Waals surface area contributed by atoms with Crippen LogP contribution in [0.25, 0.3) is 0 Å². The molecule has 320 valence electrons. The normalized spacial score (nSPS) is 14.6. The van der Waals surface area contributed by atoms with E-state index < -0.39 is 17.2 Å². The number of nitrogens with one attached hydrogen (secondary N) is 3. The largest absolute Gasteiger partial charge is 0.444 e. The number of esters is 1. The van der Waals surface area contributed by atoms with Crippen LogP contribution in [0, 0.1) is 13.8 Å². The first-order valence-electron chi connectivity index (χ1n) is 18.9. The Balaban J connectivity index is 0.000000351. The second-order valence-corrected chi connectivity index (χ2v) is 15.7. The first-order valence-corrected chi connectivity index (χ1v) is 18.9. The van der Waals surface area contributed by atoms with Crippen molar-refractivity contribution in [2.45, 2.75) is 86.6 Å². The summed E-state index contributed by atoms with van der Waals surface area (Å²) in [5.41, 5.74) is 10.6. The number of amides is 5. The van der Waals surface area contributed by atoms with Crippen LogP contribution in [-0.2, 0) is 41.7 Å². The van der Waals surface area contributed by atoms with Crippen LogP contribution >= 0.6 is 0 Å². The van der Waals surface area contributed by atoms with E-state index >= 15 is 0 Å². The number of hydrogen-bond acceptors (Lipinski definition) is 13. The van der Waals surface area contributed by atoms with E-state index in [0.29, 0.717) is 69.9 Å². The third-order valence-electron chi connectivity index (χ3n) is 8.45. The van der Waals surface area contributed by atoms with Gasteiger partial charge >= 0.3 is 24.6 Å². The Hall–Kier alpha value is -5.59. The summed E-state index contributed by atoms with van der Waals surface area (Å²) in [6, 6.07) is 11.5. The second kappa shape index (κ2) is 23.0. The van der Waals surface area contributed by atoms with Gasteiger partial charge in [0, 0.05) is 83.5 Å². The van der Waals surface area contributed by atoms with E-state index in [0.717, 1.165) is 42.3 Å². The molecule has 0 aromatic heterocycles. The molecule has 2 fully saturated rings. The lowest BCUT2D eigenvalue weighted by Gasteiger charge is -2.35. The molecule has 2 aliphatic heterocycles. The van der Waals surface area contributed by atoms with Crippen molar-refractivity contribution in [3.8, 4) is 0 Å².